The highest BCUT2D eigenvalue weighted by Gasteiger charge is 2.37. The van der Waals surface area contributed by atoms with Crippen molar-refractivity contribution in [3.8, 4) is 0 Å². The molecular formula is C16H32N2O. The first-order chi connectivity index (χ1) is 9.11. The second-order valence-corrected chi connectivity index (χ2v) is 6.81. The molecule has 1 N–H and O–H groups in total. The predicted octanol–water partition coefficient (Wildman–Crippen LogP) is 2.80. The maximum atomic E-state index is 6.29. The van der Waals surface area contributed by atoms with Gasteiger partial charge in [-0.15, -0.1) is 0 Å². The van der Waals surface area contributed by atoms with E-state index in [0.29, 0.717) is 6.04 Å². The molecule has 0 aromatic heterocycles. The number of ether oxygens (including phenoxy) is 1. The molecule has 1 aliphatic carbocycles. The fraction of sp³-hybridized carbons (Fsp3) is 1.00. The highest BCUT2D eigenvalue weighted by atomic mass is 16.5. The van der Waals surface area contributed by atoms with Crippen LogP contribution in [0.4, 0.5) is 0 Å². The maximum Gasteiger partial charge on any atom is 0.0694 e. The first kappa shape index (κ1) is 15.3. The molecule has 19 heavy (non-hydrogen) atoms. The van der Waals surface area contributed by atoms with Crippen LogP contribution in [0.2, 0.25) is 0 Å². The Morgan fingerprint density at radius 2 is 2.11 bits per heavy atom. The van der Waals surface area contributed by atoms with E-state index in [1.807, 2.05) is 0 Å². The summed E-state index contributed by atoms with van der Waals surface area (Å²) < 4.78 is 6.29. The second-order valence-electron chi connectivity index (χ2n) is 6.81. The van der Waals surface area contributed by atoms with Crippen LogP contribution in [0.15, 0.2) is 0 Å². The first-order valence-corrected chi connectivity index (χ1v) is 8.19. The van der Waals surface area contributed by atoms with Crippen LogP contribution in [-0.4, -0.2) is 49.3 Å². The van der Waals surface area contributed by atoms with Crippen LogP contribution in [0.3, 0.4) is 0 Å². The Morgan fingerprint density at radius 3 is 2.63 bits per heavy atom. The van der Waals surface area contributed by atoms with Crippen LogP contribution in [-0.2, 0) is 4.74 Å². The largest absolute Gasteiger partial charge is 0.375 e. The van der Waals surface area contributed by atoms with E-state index in [4.69, 9.17) is 4.74 Å². The van der Waals surface area contributed by atoms with Gasteiger partial charge in [0.2, 0.25) is 0 Å². The minimum absolute atomic E-state index is 0.221. The van der Waals surface area contributed by atoms with Gasteiger partial charge in [-0.2, -0.15) is 0 Å². The van der Waals surface area contributed by atoms with E-state index in [9.17, 15) is 0 Å². The van der Waals surface area contributed by atoms with Gasteiger partial charge in [0.1, 0.15) is 0 Å². The van der Waals surface area contributed by atoms with Crippen molar-refractivity contribution in [2.75, 3.05) is 26.7 Å². The topological polar surface area (TPSA) is 24.5 Å². The third-order valence-corrected chi connectivity index (χ3v) is 4.93. The Bertz CT molecular complexity index is 263. The van der Waals surface area contributed by atoms with Gasteiger partial charge in [0, 0.05) is 18.7 Å². The van der Waals surface area contributed by atoms with Crippen LogP contribution in [0.5, 0.6) is 0 Å². The molecule has 112 valence electrons. The Balaban J connectivity index is 1.64. The van der Waals surface area contributed by atoms with E-state index >= 15 is 0 Å². The van der Waals surface area contributed by atoms with Gasteiger partial charge in [-0.05, 0) is 65.1 Å². The molecule has 2 fully saturated rings. The molecule has 1 saturated heterocycles. The molecule has 2 aliphatic rings. The highest BCUT2D eigenvalue weighted by Crippen LogP contribution is 2.38. The van der Waals surface area contributed by atoms with Crippen molar-refractivity contribution >= 4 is 0 Å². The number of hydrogen-bond acceptors (Lipinski definition) is 3. The van der Waals surface area contributed by atoms with Gasteiger partial charge >= 0.3 is 0 Å². The average molecular weight is 268 g/mol. The lowest BCUT2D eigenvalue weighted by Gasteiger charge is -2.42. The van der Waals surface area contributed by atoms with Gasteiger partial charge < -0.3 is 15.0 Å². The zero-order chi connectivity index (χ0) is 13.7. The van der Waals surface area contributed by atoms with Crippen LogP contribution >= 0.6 is 0 Å². The van der Waals surface area contributed by atoms with Gasteiger partial charge in [0.25, 0.3) is 0 Å². The molecule has 0 radical (unpaired) electrons. The second kappa shape index (κ2) is 7.05. The fourth-order valence-corrected chi connectivity index (χ4v) is 3.38. The molecule has 1 unspecified atom stereocenters. The monoisotopic (exact) mass is 268 g/mol. The molecule has 0 bridgehead atoms. The van der Waals surface area contributed by atoms with Crippen molar-refractivity contribution in [1.82, 2.24) is 10.2 Å². The quantitative estimate of drug-likeness (QED) is 0.732. The van der Waals surface area contributed by atoms with Crippen molar-refractivity contribution in [3.63, 3.8) is 0 Å². The molecule has 2 rings (SSSR count). The minimum Gasteiger partial charge on any atom is -0.375 e. The molecule has 1 atom stereocenters. The van der Waals surface area contributed by atoms with Crippen molar-refractivity contribution in [3.05, 3.63) is 0 Å². The summed E-state index contributed by atoms with van der Waals surface area (Å²) >= 11 is 0. The molecule has 1 aliphatic heterocycles. The minimum atomic E-state index is 0.221. The molecule has 0 aromatic carbocycles. The summed E-state index contributed by atoms with van der Waals surface area (Å²) in [7, 11) is 2.25. The predicted molar refractivity (Wildman–Crippen MR) is 80.6 cm³/mol. The summed E-state index contributed by atoms with van der Waals surface area (Å²) in [4.78, 5) is 2.50. The van der Waals surface area contributed by atoms with Gasteiger partial charge in [0.05, 0.1) is 5.60 Å². The summed E-state index contributed by atoms with van der Waals surface area (Å²) in [6.07, 6.45) is 9.03. The molecule has 3 nitrogen and oxygen atoms in total. The van der Waals surface area contributed by atoms with Gasteiger partial charge in [-0.3, -0.25) is 0 Å². The molecule has 0 aromatic rings. The fourth-order valence-electron chi connectivity index (χ4n) is 3.38. The molecule has 1 saturated carbocycles. The molecule has 0 spiro atoms. The summed E-state index contributed by atoms with van der Waals surface area (Å²) in [5, 5.41) is 3.52. The van der Waals surface area contributed by atoms with E-state index < -0.39 is 0 Å². The highest BCUT2D eigenvalue weighted by molar-refractivity contribution is 4.90. The Morgan fingerprint density at radius 1 is 1.32 bits per heavy atom. The zero-order valence-corrected chi connectivity index (χ0v) is 13.1. The molecular weight excluding hydrogens is 236 g/mol. The van der Waals surface area contributed by atoms with Gasteiger partial charge in [-0.25, -0.2) is 0 Å². The van der Waals surface area contributed by atoms with Gasteiger partial charge in [0.15, 0.2) is 0 Å². The van der Waals surface area contributed by atoms with Gasteiger partial charge in [-0.1, -0.05) is 13.8 Å². The average Bonchev–Trinajstić information content (AvgIpc) is 2.70. The van der Waals surface area contributed by atoms with E-state index in [0.717, 1.165) is 19.2 Å². The first-order valence-electron chi connectivity index (χ1n) is 8.19. The Kier molecular flexibility index (Phi) is 5.67. The summed E-state index contributed by atoms with van der Waals surface area (Å²) in [6, 6.07) is 1.36. The van der Waals surface area contributed by atoms with E-state index in [1.54, 1.807) is 0 Å². The Hall–Kier alpha value is -0.120. The molecule has 3 heteroatoms. The number of likely N-dealkylation sites (tertiary alicyclic amines) is 1. The zero-order valence-electron chi connectivity index (χ0n) is 13.1. The van der Waals surface area contributed by atoms with E-state index in [2.05, 4.69) is 31.1 Å². The number of hydrogen-bond donors (Lipinski definition) is 1. The number of nitrogens with zero attached hydrogens (tertiary/aromatic N) is 1. The third kappa shape index (κ3) is 4.44. The normalized spacial score (nSPS) is 26.8. The Labute approximate surface area is 119 Å². The maximum absolute atomic E-state index is 6.29. The van der Waals surface area contributed by atoms with Crippen molar-refractivity contribution < 1.29 is 4.74 Å². The molecule has 1 heterocycles. The van der Waals surface area contributed by atoms with Crippen molar-refractivity contribution in [2.45, 2.75) is 76.5 Å². The van der Waals surface area contributed by atoms with E-state index in [1.165, 1.54) is 51.5 Å². The summed E-state index contributed by atoms with van der Waals surface area (Å²) in [5.41, 5.74) is 0.221. The van der Waals surface area contributed by atoms with Crippen molar-refractivity contribution in [1.29, 1.82) is 0 Å². The number of nitrogens with one attached hydrogen (secondary N) is 1. The van der Waals surface area contributed by atoms with Crippen LogP contribution in [0.1, 0.15) is 58.8 Å². The van der Waals surface area contributed by atoms with Crippen molar-refractivity contribution in [2.24, 2.45) is 0 Å². The van der Waals surface area contributed by atoms with Crippen LogP contribution in [0.25, 0.3) is 0 Å². The number of rotatable bonds is 8. The lowest BCUT2D eigenvalue weighted by Crippen LogP contribution is -2.44. The van der Waals surface area contributed by atoms with E-state index in [-0.39, 0.29) is 5.60 Å². The molecule has 0 amide bonds. The standard InChI is InChI=1S/C16H32N2O/c1-14(2)17-11-10-16(8-5-9-16)19-13-7-15-6-4-12-18(15)3/h14-15,17H,4-13H2,1-3H3. The summed E-state index contributed by atoms with van der Waals surface area (Å²) in [5.74, 6) is 0. The van der Waals surface area contributed by atoms with Crippen LogP contribution in [0, 0.1) is 0 Å². The third-order valence-electron chi connectivity index (χ3n) is 4.93. The lowest BCUT2D eigenvalue weighted by molar-refractivity contribution is -0.108. The SMILES string of the molecule is CC(C)NCCC1(OCCC2CCCN2C)CCC1. The lowest BCUT2D eigenvalue weighted by atomic mass is 9.77. The van der Waals surface area contributed by atoms with Crippen LogP contribution < -0.4 is 5.32 Å². The summed E-state index contributed by atoms with van der Waals surface area (Å²) in [6.45, 7) is 7.75. The smallest absolute Gasteiger partial charge is 0.0694 e.